The summed E-state index contributed by atoms with van der Waals surface area (Å²) < 4.78 is 0. The lowest BCUT2D eigenvalue weighted by atomic mass is 10.3. The standard InChI is InChI=1S/C11H18N2S/c1-4-9-10(6-12-3)14-11(13-9)8-5-7(8)2/h7-8,12H,4-6H2,1-3H3. The Morgan fingerprint density at radius 3 is 2.79 bits per heavy atom. The van der Waals surface area contributed by atoms with Gasteiger partial charge in [0.25, 0.3) is 0 Å². The molecule has 0 aromatic carbocycles. The van der Waals surface area contributed by atoms with Gasteiger partial charge in [-0.25, -0.2) is 4.98 Å². The highest BCUT2D eigenvalue weighted by Crippen LogP contribution is 2.48. The first-order valence-corrected chi connectivity index (χ1v) is 6.21. The SMILES string of the molecule is CCc1nc(C2CC2C)sc1CNC. The molecule has 2 nitrogen and oxygen atoms in total. The molecule has 1 N–H and O–H groups in total. The summed E-state index contributed by atoms with van der Waals surface area (Å²) in [6.07, 6.45) is 2.41. The van der Waals surface area contributed by atoms with Crippen LogP contribution in [-0.2, 0) is 13.0 Å². The molecule has 3 heteroatoms. The average Bonchev–Trinajstić information content (AvgIpc) is 2.77. The van der Waals surface area contributed by atoms with Crippen LogP contribution in [0.3, 0.4) is 0 Å². The van der Waals surface area contributed by atoms with Gasteiger partial charge >= 0.3 is 0 Å². The van der Waals surface area contributed by atoms with Crippen molar-refractivity contribution in [1.29, 1.82) is 0 Å². The number of nitrogens with one attached hydrogen (secondary N) is 1. The van der Waals surface area contributed by atoms with Crippen molar-refractivity contribution in [3.63, 3.8) is 0 Å². The molecular weight excluding hydrogens is 192 g/mol. The van der Waals surface area contributed by atoms with Crippen LogP contribution in [0.5, 0.6) is 0 Å². The number of hydrogen-bond donors (Lipinski definition) is 1. The Bertz CT molecular complexity index is 319. The predicted molar refractivity (Wildman–Crippen MR) is 60.8 cm³/mol. The van der Waals surface area contributed by atoms with Gasteiger partial charge in [-0.15, -0.1) is 11.3 Å². The second-order valence-corrected chi connectivity index (χ2v) is 5.24. The van der Waals surface area contributed by atoms with Gasteiger partial charge in [-0.1, -0.05) is 13.8 Å². The van der Waals surface area contributed by atoms with E-state index in [1.807, 2.05) is 18.4 Å². The second-order valence-electron chi connectivity index (χ2n) is 4.13. The molecule has 0 aliphatic heterocycles. The second kappa shape index (κ2) is 3.99. The minimum Gasteiger partial charge on any atom is -0.315 e. The average molecular weight is 210 g/mol. The van der Waals surface area contributed by atoms with Crippen LogP contribution >= 0.6 is 11.3 Å². The van der Waals surface area contributed by atoms with E-state index < -0.39 is 0 Å². The summed E-state index contributed by atoms with van der Waals surface area (Å²) in [4.78, 5) is 6.17. The number of hydrogen-bond acceptors (Lipinski definition) is 3. The summed E-state index contributed by atoms with van der Waals surface area (Å²) in [5, 5.41) is 4.59. The Hall–Kier alpha value is -0.410. The Morgan fingerprint density at radius 1 is 1.57 bits per heavy atom. The van der Waals surface area contributed by atoms with Crippen LogP contribution in [0.25, 0.3) is 0 Å². The first-order valence-electron chi connectivity index (χ1n) is 5.39. The third kappa shape index (κ3) is 1.84. The molecule has 1 heterocycles. The summed E-state index contributed by atoms with van der Waals surface area (Å²) >= 11 is 1.91. The number of rotatable bonds is 4. The summed E-state index contributed by atoms with van der Waals surface area (Å²) in [6.45, 7) is 5.48. The monoisotopic (exact) mass is 210 g/mol. The first-order chi connectivity index (χ1) is 6.76. The zero-order valence-corrected chi connectivity index (χ0v) is 9.95. The Labute approximate surface area is 89.8 Å². The van der Waals surface area contributed by atoms with E-state index in [2.05, 4.69) is 19.2 Å². The van der Waals surface area contributed by atoms with Crippen molar-refractivity contribution < 1.29 is 0 Å². The van der Waals surface area contributed by atoms with Crippen molar-refractivity contribution in [2.24, 2.45) is 5.92 Å². The van der Waals surface area contributed by atoms with Crippen LogP contribution in [0.4, 0.5) is 0 Å². The minimum absolute atomic E-state index is 0.774. The van der Waals surface area contributed by atoms with E-state index >= 15 is 0 Å². The lowest BCUT2D eigenvalue weighted by molar-refractivity contribution is 0.812. The van der Waals surface area contributed by atoms with E-state index in [4.69, 9.17) is 4.98 Å². The predicted octanol–water partition coefficient (Wildman–Crippen LogP) is 2.55. The van der Waals surface area contributed by atoms with E-state index in [1.54, 1.807) is 0 Å². The maximum Gasteiger partial charge on any atom is 0.0965 e. The molecule has 14 heavy (non-hydrogen) atoms. The molecule has 1 aromatic rings. The number of thiazole rings is 1. The fraction of sp³-hybridized carbons (Fsp3) is 0.727. The van der Waals surface area contributed by atoms with Gasteiger partial charge in [-0.2, -0.15) is 0 Å². The molecule has 78 valence electrons. The van der Waals surface area contributed by atoms with Crippen molar-refractivity contribution in [3.05, 3.63) is 15.6 Å². The largest absolute Gasteiger partial charge is 0.315 e. The van der Waals surface area contributed by atoms with Gasteiger partial charge < -0.3 is 5.32 Å². The maximum absolute atomic E-state index is 4.74. The molecule has 0 spiro atoms. The van der Waals surface area contributed by atoms with Crippen molar-refractivity contribution in [3.8, 4) is 0 Å². The summed E-state index contributed by atoms with van der Waals surface area (Å²) in [5.74, 6) is 1.64. The van der Waals surface area contributed by atoms with Gasteiger partial charge in [0, 0.05) is 17.3 Å². The third-order valence-corrected chi connectivity index (χ3v) is 4.12. The molecule has 0 saturated heterocycles. The Balaban J connectivity index is 2.18. The third-order valence-electron chi connectivity index (χ3n) is 2.89. The molecule has 0 bridgehead atoms. The van der Waals surface area contributed by atoms with Crippen molar-refractivity contribution in [2.75, 3.05) is 7.05 Å². The van der Waals surface area contributed by atoms with Crippen molar-refractivity contribution in [2.45, 2.75) is 39.2 Å². The van der Waals surface area contributed by atoms with Crippen LogP contribution in [-0.4, -0.2) is 12.0 Å². The lowest BCUT2D eigenvalue weighted by Crippen LogP contribution is -2.05. The molecule has 1 aliphatic rings. The van der Waals surface area contributed by atoms with E-state index in [1.165, 1.54) is 22.0 Å². The molecule has 0 radical (unpaired) electrons. The highest BCUT2D eigenvalue weighted by atomic mass is 32.1. The molecule has 1 fully saturated rings. The van der Waals surface area contributed by atoms with Crippen molar-refractivity contribution >= 4 is 11.3 Å². The summed E-state index contributed by atoms with van der Waals surface area (Å²) in [6, 6.07) is 0. The van der Waals surface area contributed by atoms with Crippen molar-refractivity contribution in [1.82, 2.24) is 10.3 Å². The van der Waals surface area contributed by atoms with Crippen LogP contribution < -0.4 is 5.32 Å². The summed E-state index contributed by atoms with van der Waals surface area (Å²) in [5.41, 5.74) is 1.30. The highest BCUT2D eigenvalue weighted by Gasteiger charge is 2.36. The first kappa shape index (κ1) is 10.1. The van der Waals surface area contributed by atoms with Crippen LogP contribution in [0, 0.1) is 5.92 Å². The van der Waals surface area contributed by atoms with Crippen LogP contribution in [0.2, 0.25) is 0 Å². The molecule has 1 saturated carbocycles. The zero-order valence-electron chi connectivity index (χ0n) is 9.13. The van der Waals surface area contributed by atoms with E-state index in [0.29, 0.717) is 0 Å². The molecule has 2 atom stereocenters. The van der Waals surface area contributed by atoms with Gasteiger partial charge in [0.15, 0.2) is 0 Å². The summed E-state index contributed by atoms with van der Waals surface area (Å²) in [7, 11) is 2.00. The quantitative estimate of drug-likeness (QED) is 0.826. The molecule has 1 aromatic heterocycles. The maximum atomic E-state index is 4.74. The zero-order chi connectivity index (χ0) is 10.1. The van der Waals surface area contributed by atoms with E-state index in [0.717, 1.165) is 24.8 Å². The number of nitrogens with zero attached hydrogens (tertiary/aromatic N) is 1. The number of aromatic nitrogens is 1. The molecular formula is C11H18N2S. The molecule has 1 aliphatic carbocycles. The van der Waals surface area contributed by atoms with Crippen LogP contribution in [0.15, 0.2) is 0 Å². The minimum atomic E-state index is 0.774. The molecule has 2 unspecified atom stereocenters. The van der Waals surface area contributed by atoms with Gasteiger partial charge in [0.2, 0.25) is 0 Å². The van der Waals surface area contributed by atoms with Crippen LogP contribution in [0.1, 0.15) is 41.8 Å². The van der Waals surface area contributed by atoms with E-state index in [9.17, 15) is 0 Å². The highest BCUT2D eigenvalue weighted by molar-refractivity contribution is 7.11. The number of aryl methyl sites for hydroxylation is 1. The normalized spacial score (nSPS) is 25.4. The van der Waals surface area contributed by atoms with E-state index in [-0.39, 0.29) is 0 Å². The Kier molecular flexibility index (Phi) is 2.88. The molecule has 0 amide bonds. The lowest BCUT2D eigenvalue weighted by Gasteiger charge is -1.96. The fourth-order valence-electron chi connectivity index (χ4n) is 1.80. The smallest absolute Gasteiger partial charge is 0.0965 e. The van der Waals surface area contributed by atoms with Gasteiger partial charge in [-0.3, -0.25) is 0 Å². The fourth-order valence-corrected chi connectivity index (χ4v) is 3.22. The van der Waals surface area contributed by atoms with Gasteiger partial charge in [0.1, 0.15) is 0 Å². The Morgan fingerprint density at radius 2 is 2.29 bits per heavy atom. The topological polar surface area (TPSA) is 24.9 Å². The van der Waals surface area contributed by atoms with Gasteiger partial charge in [0.05, 0.1) is 10.7 Å². The molecule has 2 rings (SSSR count). The van der Waals surface area contributed by atoms with Gasteiger partial charge in [-0.05, 0) is 25.8 Å².